The monoisotopic (exact) mass is 228 g/mol. The lowest BCUT2D eigenvalue weighted by Gasteiger charge is -2.29. The minimum Gasteiger partial charge on any atom is -0.479 e. The maximum Gasteiger partial charge on any atom is 0.346 e. The van der Waals surface area contributed by atoms with Crippen LogP contribution in [0.2, 0.25) is 5.02 Å². The molecule has 1 aliphatic rings. The summed E-state index contributed by atoms with van der Waals surface area (Å²) in [5, 5.41) is 9.14. The van der Waals surface area contributed by atoms with Crippen LogP contribution in [0.15, 0.2) is 18.2 Å². The van der Waals surface area contributed by atoms with Gasteiger partial charge in [0.05, 0.1) is 0 Å². The fraction of sp³-hybridized carbons (Fsp3) is 0.364. The Labute approximate surface area is 91.7 Å². The first-order valence-corrected chi connectivity index (χ1v) is 5.13. The minimum atomic E-state index is -2.31. The lowest BCUT2D eigenvalue weighted by atomic mass is 9.80. The molecule has 0 saturated carbocycles. The van der Waals surface area contributed by atoms with E-state index in [-0.39, 0.29) is 17.0 Å². The summed E-state index contributed by atoms with van der Waals surface area (Å²) in [5.74, 6) is -1.45. The van der Waals surface area contributed by atoms with Gasteiger partial charge in [0, 0.05) is 10.6 Å². The molecule has 0 fully saturated rings. The number of aliphatic carboxylic acids is 1. The number of halogens is 2. The lowest BCUT2D eigenvalue weighted by molar-refractivity contribution is -0.152. The summed E-state index contributed by atoms with van der Waals surface area (Å²) in [5.41, 5.74) is -1.46. The second-order valence-electron chi connectivity index (χ2n) is 3.73. The molecule has 15 heavy (non-hydrogen) atoms. The summed E-state index contributed by atoms with van der Waals surface area (Å²) >= 11 is 5.87. The summed E-state index contributed by atoms with van der Waals surface area (Å²) in [6, 6.07) is 4.98. The number of fused-ring (bicyclic) bond motifs is 1. The van der Waals surface area contributed by atoms with Crippen LogP contribution in [-0.4, -0.2) is 11.1 Å². The molecule has 0 radical (unpaired) electrons. The van der Waals surface area contributed by atoms with E-state index in [0.717, 1.165) is 0 Å². The zero-order valence-electron chi connectivity index (χ0n) is 7.96. The van der Waals surface area contributed by atoms with Crippen molar-refractivity contribution in [3.8, 4) is 0 Å². The number of alkyl halides is 1. The molecule has 2 nitrogen and oxygen atoms in total. The van der Waals surface area contributed by atoms with Gasteiger partial charge in [-0.2, -0.15) is 0 Å². The van der Waals surface area contributed by atoms with E-state index in [0.29, 0.717) is 18.4 Å². The van der Waals surface area contributed by atoms with Gasteiger partial charge in [0.1, 0.15) is 0 Å². The summed E-state index contributed by atoms with van der Waals surface area (Å²) in [6.45, 7) is 0. The van der Waals surface area contributed by atoms with Gasteiger partial charge in [-0.05, 0) is 30.9 Å². The predicted molar refractivity (Wildman–Crippen MR) is 54.8 cm³/mol. The number of carboxylic acids is 1. The fourth-order valence-electron chi connectivity index (χ4n) is 2.08. The molecule has 0 bridgehead atoms. The van der Waals surface area contributed by atoms with Crippen LogP contribution >= 0.6 is 11.6 Å². The summed E-state index contributed by atoms with van der Waals surface area (Å²) in [7, 11) is 0. The number of carboxylic acid groups (broad SMARTS) is 1. The maximum atomic E-state index is 14.3. The van der Waals surface area contributed by atoms with Crippen molar-refractivity contribution in [3.63, 3.8) is 0 Å². The van der Waals surface area contributed by atoms with E-state index in [1.165, 1.54) is 6.07 Å². The van der Waals surface area contributed by atoms with Crippen molar-refractivity contribution < 1.29 is 14.3 Å². The first-order valence-electron chi connectivity index (χ1n) is 4.76. The molecule has 2 rings (SSSR count). The Hall–Kier alpha value is -1.09. The third kappa shape index (κ3) is 1.51. The molecule has 4 heteroatoms. The van der Waals surface area contributed by atoms with Gasteiger partial charge in [0.2, 0.25) is 5.67 Å². The van der Waals surface area contributed by atoms with E-state index in [9.17, 15) is 9.18 Å². The largest absolute Gasteiger partial charge is 0.479 e. The van der Waals surface area contributed by atoms with Crippen LogP contribution in [-0.2, 0) is 16.9 Å². The van der Waals surface area contributed by atoms with Crippen molar-refractivity contribution in [3.05, 3.63) is 34.3 Å². The Morgan fingerprint density at radius 3 is 2.93 bits per heavy atom. The van der Waals surface area contributed by atoms with Crippen molar-refractivity contribution in [2.75, 3.05) is 0 Å². The van der Waals surface area contributed by atoms with Crippen molar-refractivity contribution in [1.82, 2.24) is 0 Å². The number of aryl methyl sites for hydroxylation is 1. The number of carbonyl (C=O) groups is 1. The first-order chi connectivity index (χ1) is 7.05. The van der Waals surface area contributed by atoms with Crippen molar-refractivity contribution in [1.29, 1.82) is 0 Å². The lowest BCUT2D eigenvalue weighted by Crippen LogP contribution is -2.35. The highest BCUT2D eigenvalue weighted by atomic mass is 35.5. The molecule has 0 aromatic heterocycles. The zero-order valence-corrected chi connectivity index (χ0v) is 8.72. The molecule has 0 amide bonds. The van der Waals surface area contributed by atoms with Gasteiger partial charge in [-0.15, -0.1) is 0 Å². The average molecular weight is 229 g/mol. The Morgan fingerprint density at radius 1 is 1.53 bits per heavy atom. The zero-order chi connectivity index (χ0) is 11.1. The van der Waals surface area contributed by atoms with Gasteiger partial charge in [-0.25, -0.2) is 9.18 Å². The molecular formula is C11H10ClFO2. The standard InChI is InChI=1S/C11H10ClFO2/c12-8-5-1-3-7-4-2-6-11(13,9(7)8)10(14)15/h1,3,5H,2,4,6H2,(H,14,15). The van der Waals surface area contributed by atoms with E-state index in [4.69, 9.17) is 16.7 Å². The van der Waals surface area contributed by atoms with Gasteiger partial charge in [0.25, 0.3) is 0 Å². The second-order valence-corrected chi connectivity index (χ2v) is 4.14. The highest BCUT2D eigenvalue weighted by Gasteiger charge is 2.45. The Morgan fingerprint density at radius 2 is 2.27 bits per heavy atom. The van der Waals surface area contributed by atoms with Gasteiger partial charge in [-0.3, -0.25) is 0 Å². The third-order valence-corrected chi connectivity index (χ3v) is 3.12. The predicted octanol–water partition coefficient (Wildman–Crippen LogP) is 2.93. The number of hydrogen-bond donors (Lipinski definition) is 1. The summed E-state index contributed by atoms with van der Waals surface area (Å²) in [6.07, 6.45) is 1.23. The van der Waals surface area contributed by atoms with Gasteiger partial charge < -0.3 is 5.11 Å². The molecule has 1 aromatic rings. The van der Waals surface area contributed by atoms with Crippen LogP contribution in [0.4, 0.5) is 4.39 Å². The molecule has 1 aliphatic carbocycles. The molecule has 0 saturated heterocycles. The van der Waals surface area contributed by atoms with E-state index >= 15 is 0 Å². The Kier molecular flexibility index (Phi) is 2.43. The summed E-state index contributed by atoms with van der Waals surface area (Å²) < 4.78 is 14.3. The van der Waals surface area contributed by atoms with Crippen molar-refractivity contribution in [2.45, 2.75) is 24.9 Å². The van der Waals surface area contributed by atoms with Gasteiger partial charge >= 0.3 is 5.97 Å². The quantitative estimate of drug-likeness (QED) is 0.803. The Balaban J connectivity index is 2.64. The average Bonchev–Trinajstić information content (AvgIpc) is 2.17. The van der Waals surface area contributed by atoms with Crippen molar-refractivity contribution in [2.24, 2.45) is 0 Å². The van der Waals surface area contributed by atoms with Crippen LogP contribution in [0.25, 0.3) is 0 Å². The molecule has 0 heterocycles. The molecule has 1 aromatic carbocycles. The highest BCUT2D eigenvalue weighted by molar-refractivity contribution is 6.31. The topological polar surface area (TPSA) is 37.3 Å². The summed E-state index contributed by atoms with van der Waals surface area (Å²) in [4.78, 5) is 11.0. The smallest absolute Gasteiger partial charge is 0.346 e. The first kappa shape index (κ1) is 10.4. The molecule has 1 atom stereocenters. The highest BCUT2D eigenvalue weighted by Crippen LogP contribution is 2.42. The van der Waals surface area contributed by atoms with Crippen LogP contribution in [0, 0.1) is 0 Å². The fourth-order valence-corrected chi connectivity index (χ4v) is 2.43. The van der Waals surface area contributed by atoms with Crippen LogP contribution in [0.1, 0.15) is 24.0 Å². The van der Waals surface area contributed by atoms with Gasteiger partial charge in [-0.1, -0.05) is 23.7 Å². The second kappa shape index (κ2) is 3.49. The van der Waals surface area contributed by atoms with Crippen LogP contribution in [0.5, 0.6) is 0 Å². The molecule has 1 unspecified atom stereocenters. The van der Waals surface area contributed by atoms with Crippen LogP contribution in [0.3, 0.4) is 0 Å². The Bertz CT molecular complexity index is 419. The van der Waals surface area contributed by atoms with Crippen LogP contribution < -0.4 is 0 Å². The molecular weight excluding hydrogens is 219 g/mol. The number of benzene rings is 1. The molecule has 80 valence electrons. The van der Waals surface area contributed by atoms with Gasteiger partial charge in [0.15, 0.2) is 0 Å². The maximum absolute atomic E-state index is 14.3. The van der Waals surface area contributed by atoms with E-state index in [2.05, 4.69) is 0 Å². The molecule has 0 aliphatic heterocycles. The molecule has 1 N–H and O–H groups in total. The number of rotatable bonds is 1. The van der Waals surface area contributed by atoms with E-state index < -0.39 is 11.6 Å². The van der Waals surface area contributed by atoms with Crippen molar-refractivity contribution >= 4 is 17.6 Å². The number of hydrogen-bond acceptors (Lipinski definition) is 1. The normalized spacial score (nSPS) is 24.7. The minimum absolute atomic E-state index is 0.000926. The van der Waals surface area contributed by atoms with E-state index in [1.807, 2.05) is 0 Å². The third-order valence-electron chi connectivity index (χ3n) is 2.80. The van der Waals surface area contributed by atoms with E-state index in [1.54, 1.807) is 12.1 Å². The molecule has 0 spiro atoms. The SMILES string of the molecule is O=C(O)C1(F)CCCc2cccc(Cl)c21.